The number of nitrogens with zero attached hydrogens (tertiary/aromatic N) is 4. The largest absolute Gasteiger partial charge is 0.497 e. The molecule has 1 fully saturated rings. The summed E-state index contributed by atoms with van der Waals surface area (Å²) in [6.45, 7) is 0.543. The van der Waals surface area contributed by atoms with Gasteiger partial charge in [-0.15, -0.1) is 0 Å². The summed E-state index contributed by atoms with van der Waals surface area (Å²) in [5.41, 5.74) is -0.0172. The highest BCUT2D eigenvalue weighted by atomic mass is 16.6. The zero-order valence-electron chi connectivity index (χ0n) is 16.1. The topological polar surface area (TPSA) is 99.2 Å². The van der Waals surface area contributed by atoms with E-state index in [-0.39, 0.29) is 11.9 Å². The predicted molar refractivity (Wildman–Crippen MR) is 107 cm³/mol. The Morgan fingerprint density at radius 1 is 1.21 bits per heavy atom. The number of aromatic nitrogens is 2. The molecule has 9 nitrogen and oxygen atoms in total. The highest BCUT2D eigenvalue weighted by Gasteiger charge is 2.36. The third-order valence-corrected chi connectivity index (χ3v) is 5.20. The van der Waals surface area contributed by atoms with Gasteiger partial charge in [0.2, 0.25) is 5.82 Å². The standard InChI is InChI=1S/C20H20N4O5/c1-28-13-8-9-16(29-2)14(12-13)15-6-5-11-22(15)19-18(24(26)27)20(25)23-10-4-3-7-17(23)21-19/h3-4,7-10,12,15H,5-6,11H2,1-2H3. The summed E-state index contributed by atoms with van der Waals surface area (Å²) in [5, 5.41) is 11.8. The van der Waals surface area contributed by atoms with E-state index in [2.05, 4.69) is 4.98 Å². The van der Waals surface area contributed by atoms with E-state index in [0.29, 0.717) is 23.7 Å². The Labute approximate surface area is 166 Å². The van der Waals surface area contributed by atoms with Crippen LogP contribution in [-0.4, -0.2) is 35.1 Å². The maximum atomic E-state index is 12.8. The summed E-state index contributed by atoms with van der Waals surface area (Å²) in [7, 11) is 3.16. The maximum absolute atomic E-state index is 12.8. The average molecular weight is 396 g/mol. The van der Waals surface area contributed by atoms with Crippen LogP contribution in [0, 0.1) is 10.1 Å². The van der Waals surface area contributed by atoms with Gasteiger partial charge in [0.15, 0.2) is 0 Å². The first-order valence-corrected chi connectivity index (χ1v) is 9.19. The molecule has 2 aromatic heterocycles. The lowest BCUT2D eigenvalue weighted by Crippen LogP contribution is -2.29. The third-order valence-electron chi connectivity index (χ3n) is 5.20. The van der Waals surface area contributed by atoms with Crippen LogP contribution in [0.15, 0.2) is 47.4 Å². The first kappa shape index (κ1) is 18.7. The molecule has 0 saturated carbocycles. The Kier molecular flexibility index (Phi) is 4.79. The van der Waals surface area contributed by atoms with Gasteiger partial charge in [0.05, 0.1) is 25.2 Å². The van der Waals surface area contributed by atoms with Crippen molar-refractivity contribution < 1.29 is 14.4 Å². The molecule has 0 radical (unpaired) electrons. The van der Waals surface area contributed by atoms with E-state index >= 15 is 0 Å². The minimum Gasteiger partial charge on any atom is -0.497 e. The van der Waals surface area contributed by atoms with Gasteiger partial charge in [-0.1, -0.05) is 6.07 Å². The normalized spacial score (nSPS) is 16.2. The fourth-order valence-electron chi connectivity index (χ4n) is 3.87. The number of pyridine rings is 1. The molecule has 3 heterocycles. The molecule has 1 aromatic carbocycles. The summed E-state index contributed by atoms with van der Waals surface area (Å²) in [4.78, 5) is 30.3. The van der Waals surface area contributed by atoms with E-state index in [4.69, 9.17) is 9.47 Å². The van der Waals surface area contributed by atoms with Crippen molar-refractivity contribution in [1.82, 2.24) is 9.38 Å². The van der Waals surface area contributed by atoms with Gasteiger partial charge in [-0.2, -0.15) is 0 Å². The van der Waals surface area contributed by atoms with Gasteiger partial charge in [-0.3, -0.25) is 19.3 Å². The second kappa shape index (κ2) is 7.42. The summed E-state index contributed by atoms with van der Waals surface area (Å²) < 4.78 is 12.0. The summed E-state index contributed by atoms with van der Waals surface area (Å²) in [6.07, 6.45) is 3.03. The Hall–Kier alpha value is -3.62. The summed E-state index contributed by atoms with van der Waals surface area (Å²) in [5.74, 6) is 1.40. The lowest BCUT2D eigenvalue weighted by atomic mass is 10.0. The molecule has 9 heteroatoms. The van der Waals surface area contributed by atoms with Crippen LogP contribution in [0.25, 0.3) is 5.65 Å². The van der Waals surface area contributed by atoms with Crippen molar-refractivity contribution in [2.24, 2.45) is 0 Å². The van der Waals surface area contributed by atoms with Gasteiger partial charge in [0, 0.05) is 18.3 Å². The Morgan fingerprint density at radius 3 is 2.76 bits per heavy atom. The van der Waals surface area contributed by atoms with Crippen LogP contribution < -0.4 is 19.9 Å². The highest BCUT2D eigenvalue weighted by molar-refractivity contribution is 5.63. The fourth-order valence-corrected chi connectivity index (χ4v) is 3.87. The quantitative estimate of drug-likeness (QED) is 0.483. The predicted octanol–water partition coefficient (Wildman–Crippen LogP) is 2.96. The molecule has 1 aliphatic rings. The molecule has 3 aromatic rings. The van der Waals surface area contributed by atoms with E-state index < -0.39 is 16.2 Å². The van der Waals surface area contributed by atoms with Crippen LogP contribution >= 0.6 is 0 Å². The van der Waals surface area contributed by atoms with E-state index in [1.165, 1.54) is 10.6 Å². The van der Waals surface area contributed by atoms with Crippen molar-refractivity contribution in [1.29, 1.82) is 0 Å². The summed E-state index contributed by atoms with van der Waals surface area (Å²) in [6, 6.07) is 10.3. The first-order chi connectivity index (χ1) is 14.0. The number of nitro groups is 1. The molecule has 0 aliphatic carbocycles. The number of rotatable bonds is 5. The zero-order chi connectivity index (χ0) is 20.5. The number of fused-ring (bicyclic) bond motifs is 1. The molecule has 1 saturated heterocycles. The zero-order valence-corrected chi connectivity index (χ0v) is 16.1. The Morgan fingerprint density at radius 2 is 2.03 bits per heavy atom. The second-order valence-corrected chi connectivity index (χ2v) is 6.73. The van der Waals surface area contributed by atoms with E-state index in [9.17, 15) is 14.9 Å². The number of hydrogen-bond donors (Lipinski definition) is 0. The van der Waals surface area contributed by atoms with Crippen LogP contribution in [0.5, 0.6) is 11.5 Å². The van der Waals surface area contributed by atoms with E-state index in [1.807, 2.05) is 17.0 Å². The van der Waals surface area contributed by atoms with Gasteiger partial charge in [0.1, 0.15) is 17.1 Å². The molecular formula is C20H20N4O5. The molecule has 29 heavy (non-hydrogen) atoms. The smallest absolute Gasteiger partial charge is 0.376 e. The van der Waals surface area contributed by atoms with E-state index in [1.54, 1.807) is 38.5 Å². The van der Waals surface area contributed by atoms with Crippen molar-refractivity contribution in [2.75, 3.05) is 25.7 Å². The minimum atomic E-state index is -0.696. The van der Waals surface area contributed by atoms with Crippen LogP contribution in [0.2, 0.25) is 0 Å². The molecule has 1 atom stereocenters. The Balaban J connectivity index is 1.91. The van der Waals surface area contributed by atoms with Gasteiger partial charge < -0.3 is 14.4 Å². The molecule has 0 bridgehead atoms. The van der Waals surface area contributed by atoms with Crippen molar-refractivity contribution in [3.05, 3.63) is 68.6 Å². The molecular weight excluding hydrogens is 376 g/mol. The van der Waals surface area contributed by atoms with Gasteiger partial charge in [-0.25, -0.2) is 4.98 Å². The fraction of sp³-hybridized carbons (Fsp3) is 0.300. The Bertz CT molecular complexity index is 1140. The van der Waals surface area contributed by atoms with Crippen LogP contribution in [-0.2, 0) is 0 Å². The van der Waals surface area contributed by atoms with E-state index in [0.717, 1.165) is 18.4 Å². The van der Waals surface area contributed by atoms with Crippen molar-refractivity contribution >= 4 is 17.2 Å². The lowest BCUT2D eigenvalue weighted by molar-refractivity contribution is -0.385. The molecule has 1 aliphatic heterocycles. The molecule has 0 spiro atoms. The van der Waals surface area contributed by atoms with Gasteiger partial charge in [-0.05, 0) is 43.2 Å². The third kappa shape index (κ3) is 3.14. The van der Waals surface area contributed by atoms with Crippen LogP contribution in [0.1, 0.15) is 24.4 Å². The SMILES string of the molecule is COc1ccc(OC)c(C2CCCN2c2nc3ccccn3c(=O)c2[N+](=O)[O-])c1. The number of ether oxygens (including phenoxy) is 2. The summed E-state index contributed by atoms with van der Waals surface area (Å²) >= 11 is 0. The minimum absolute atomic E-state index is 0.0820. The molecule has 0 amide bonds. The first-order valence-electron chi connectivity index (χ1n) is 9.19. The molecule has 4 rings (SSSR count). The molecule has 150 valence electrons. The maximum Gasteiger partial charge on any atom is 0.376 e. The second-order valence-electron chi connectivity index (χ2n) is 6.73. The van der Waals surface area contributed by atoms with Crippen molar-refractivity contribution in [3.63, 3.8) is 0 Å². The lowest BCUT2D eigenvalue weighted by Gasteiger charge is -2.27. The average Bonchev–Trinajstić information content (AvgIpc) is 3.22. The number of methoxy groups -OCH3 is 2. The van der Waals surface area contributed by atoms with Gasteiger partial charge in [0.25, 0.3) is 0 Å². The number of anilines is 1. The number of hydrogen-bond acceptors (Lipinski definition) is 7. The molecule has 0 N–H and O–H groups in total. The monoisotopic (exact) mass is 396 g/mol. The highest BCUT2D eigenvalue weighted by Crippen LogP contribution is 2.42. The van der Waals surface area contributed by atoms with Crippen LogP contribution in [0.3, 0.4) is 0 Å². The van der Waals surface area contributed by atoms with Crippen molar-refractivity contribution in [2.45, 2.75) is 18.9 Å². The number of benzene rings is 1. The molecule has 1 unspecified atom stereocenters. The van der Waals surface area contributed by atoms with Crippen LogP contribution in [0.4, 0.5) is 11.5 Å². The van der Waals surface area contributed by atoms with Gasteiger partial charge >= 0.3 is 11.2 Å². The van der Waals surface area contributed by atoms with Crippen molar-refractivity contribution in [3.8, 4) is 11.5 Å².